The number of aryl methyl sites for hydroxylation is 1. The topological polar surface area (TPSA) is 144 Å². The van der Waals surface area contributed by atoms with Crippen LogP contribution in [0.5, 0.6) is 0 Å². The standard InChI is InChI=1S/C11H13N5O3S/c1-6-2-4-7(5-3-6)20(18,19)16-11-8(10(13)17)9(12)14-15-11/h2-5H,1H3,(H2,13,17)(H4,12,14,15,16). The van der Waals surface area contributed by atoms with Gasteiger partial charge >= 0.3 is 0 Å². The number of sulfonamides is 1. The van der Waals surface area contributed by atoms with Gasteiger partial charge in [-0.1, -0.05) is 17.7 Å². The third-order valence-corrected chi connectivity index (χ3v) is 3.96. The monoisotopic (exact) mass is 295 g/mol. The molecule has 2 aromatic rings. The second kappa shape index (κ2) is 4.85. The van der Waals surface area contributed by atoms with E-state index in [9.17, 15) is 13.2 Å². The number of carbonyl (C=O) groups is 1. The minimum absolute atomic E-state index is 0.0418. The smallest absolute Gasteiger partial charge is 0.263 e. The SMILES string of the molecule is Cc1ccc(S(=O)(=O)Nc2n[nH]c(N)c2C(N)=O)cc1. The van der Waals surface area contributed by atoms with Crippen LogP contribution in [0, 0.1) is 6.92 Å². The maximum Gasteiger partial charge on any atom is 0.263 e. The summed E-state index contributed by atoms with van der Waals surface area (Å²) in [4.78, 5) is 11.3. The lowest BCUT2D eigenvalue weighted by atomic mass is 10.2. The van der Waals surface area contributed by atoms with Crippen molar-refractivity contribution in [3.8, 4) is 0 Å². The molecule has 0 aliphatic rings. The number of rotatable bonds is 4. The molecule has 0 saturated heterocycles. The number of H-pyrrole nitrogens is 1. The highest BCUT2D eigenvalue weighted by molar-refractivity contribution is 7.92. The highest BCUT2D eigenvalue weighted by atomic mass is 32.2. The fourth-order valence-corrected chi connectivity index (χ4v) is 2.60. The Labute approximate surface area is 115 Å². The Morgan fingerprint density at radius 2 is 1.90 bits per heavy atom. The first-order valence-electron chi connectivity index (χ1n) is 5.54. The van der Waals surface area contributed by atoms with Crippen LogP contribution in [-0.4, -0.2) is 24.5 Å². The van der Waals surface area contributed by atoms with Crippen molar-refractivity contribution in [2.24, 2.45) is 5.73 Å². The van der Waals surface area contributed by atoms with Crippen molar-refractivity contribution in [3.05, 3.63) is 35.4 Å². The van der Waals surface area contributed by atoms with Gasteiger partial charge in [-0.05, 0) is 19.1 Å². The van der Waals surface area contributed by atoms with E-state index in [1.54, 1.807) is 12.1 Å². The number of primary amides is 1. The van der Waals surface area contributed by atoms with Crippen LogP contribution in [0.15, 0.2) is 29.2 Å². The first-order chi connectivity index (χ1) is 9.31. The average molecular weight is 295 g/mol. The molecule has 0 aliphatic heterocycles. The molecule has 2 rings (SSSR count). The number of nitrogens with one attached hydrogen (secondary N) is 2. The Kier molecular flexibility index (Phi) is 3.36. The molecule has 6 N–H and O–H groups in total. The molecule has 1 amide bonds. The molecule has 106 valence electrons. The first-order valence-corrected chi connectivity index (χ1v) is 7.02. The molecule has 1 aromatic carbocycles. The maximum atomic E-state index is 12.1. The van der Waals surface area contributed by atoms with Crippen LogP contribution in [0.25, 0.3) is 0 Å². The maximum absolute atomic E-state index is 12.1. The molecule has 0 atom stereocenters. The molecule has 0 fully saturated rings. The zero-order chi connectivity index (χ0) is 14.9. The van der Waals surface area contributed by atoms with Crippen LogP contribution in [0.1, 0.15) is 15.9 Å². The highest BCUT2D eigenvalue weighted by Gasteiger charge is 2.22. The predicted octanol–water partition coefficient (Wildman–Crippen LogP) is 0.200. The molecule has 0 saturated carbocycles. The molecule has 0 radical (unpaired) electrons. The van der Waals surface area contributed by atoms with Crippen molar-refractivity contribution in [2.75, 3.05) is 10.5 Å². The summed E-state index contributed by atoms with van der Waals surface area (Å²) in [6, 6.07) is 6.19. The Balaban J connectivity index is 2.38. The molecule has 1 heterocycles. The predicted molar refractivity (Wildman–Crippen MR) is 73.5 cm³/mol. The largest absolute Gasteiger partial charge is 0.383 e. The first kappa shape index (κ1) is 13.9. The molecule has 0 spiro atoms. The fraction of sp³-hybridized carbons (Fsp3) is 0.0909. The van der Waals surface area contributed by atoms with E-state index in [0.717, 1.165) is 5.56 Å². The average Bonchev–Trinajstić information content (AvgIpc) is 2.70. The number of nitrogens with zero attached hydrogens (tertiary/aromatic N) is 1. The van der Waals surface area contributed by atoms with Crippen LogP contribution >= 0.6 is 0 Å². The third kappa shape index (κ3) is 2.57. The molecule has 20 heavy (non-hydrogen) atoms. The Morgan fingerprint density at radius 1 is 1.30 bits per heavy atom. The molecule has 8 nitrogen and oxygen atoms in total. The summed E-state index contributed by atoms with van der Waals surface area (Å²) >= 11 is 0. The number of carbonyl (C=O) groups excluding carboxylic acids is 1. The summed E-state index contributed by atoms with van der Waals surface area (Å²) < 4.78 is 26.5. The third-order valence-electron chi connectivity index (χ3n) is 2.60. The van der Waals surface area contributed by atoms with Gasteiger partial charge in [-0.25, -0.2) is 8.42 Å². The van der Waals surface area contributed by atoms with Gasteiger partial charge in [0, 0.05) is 0 Å². The van der Waals surface area contributed by atoms with Gasteiger partial charge in [0.1, 0.15) is 11.4 Å². The van der Waals surface area contributed by atoms with Crippen molar-refractivity contribution in [1.82, 2.24) is 10.2 Å². The van der Waals surface area contributed by atoms with E-state index in [0.29, 0.717) is 0 Å². The number of amides is 1. The summed E-state index contributed by atoms with van der Waals surface area (Å²) in [5.41, 5.74) is 11.3. The minimum atomic E-state index is -3.87. The Morgan fingerprint density at radius 3 is 2.45 bits per heavy atom. The zero-order valence-electron chi connectivity index (χ0n) is 10.5. The van der Waals surface area contributed by atoms with E-state index in [1.807, 2.05) is 6.92 Å². The highest BCUT2D eigenvalue weighted by Crippen LogP contribution is 2.21. The van der Waals surface area contributed by atoms with Crippen molar-refractivity contribution in [3.63, 3.8) is 0 Å². The van der Waals surface area contributed by atoms with E-state index < -0.39 is 15.9 Å². The van der Waals surface area contributed by atoms with Gasteiger partial charge in [0.2, 0.25) is 0 Å². The van der Waals surface area contributed by atoms with Crippen molar-refractivity contribution in [2.45, 2.75) is 11.8 Å². The Bertz CT molecular complexity index is 749. The number of aromatic nitrogens is 2. The minimum Gasteiger partial charge on any atom is -0.383 e. The lowest BCUT2D eigenvalue weighted by molar-refractivity contribution is 0.100. The molecule has 0 bridgehead atoms. The summed E-state index contributed by atoms with van der Waals surface area (Å²) in [5, 5.41) is 5.93. The summed E-state index contributed by atoms with van der Waals surface area (Å²) in [7, 11) is -3.87. The molecule has 1 aromatic heterocycles. The normalized spacial score (nSPS) is 11.2. The van der Waals surface area contributed by atoms with E-state index in [2.05, 4.69) is 14.9 Å². The van der Waals surface area contributed by atoms with Crippen molar-refractivity contribution in [1.29, 1.82) is 0 Å². The zero-order valence-corrected chi connectivity index (χ0v) is 11.4. The van der Waals surface area contributed by atoms with Gasteiger partial charge in [0.15, 0.2) is 5.82 Å². The van der Waals surface area contributed by atoms with E-state index in [-0.39, 0.29) is 22.1 Å². The van der Waals surface area contributed by atoms with Crippen molar-refractivity contribution >= 4 is 27.6 Å². The number of hydrogen-bond acceptors (Lipinski definition) is 5. The number of hydrogen-bond donors (Lipinski definition) is 4. The number of aromatic amines is 1. The molecule has 0 aliphatic carbocycles. The van der Waals surface area contributed by atoms with E-state index in [1.165, 1.54) is 12.1 Å². The van der Waals surface area contributed by atoms with E-state index in [4.69, 9.17) is 11.5 Å². The van der Waals surface area contributed by atoms with Gasteiger partial charge < -0.3 is 11.5 Å². The van der Waals surface area contributed by atoms with Gasteiger partial charge in [-0.3, -0.25) is 14.6 Å². The Hall–Kier alpha value is -2.55. The van der Waals surface area contributed by atoms with Gasteiger partial charge in [-0.2, -0.15) is 5.10 Å². The molecule has 0 unspecified atom stereocenters. The number of nitrogen functional groups attached to an aromatic ring is 1. The summed E-state index contributed by atoms with van der Waals surface area (Å²) in [5.74, 6) is -1.20. The van der Waals surface area contributed by atoms with Crippen LogP contribution < -0.4 is 16.2 Å². The quantitative estimate of drug-likeness (QED) is 0.636. The van der Waals surface area contributed by atoms with Crippen LogP contribution in [-0.2, 0) is 10.0 Å². The second-order valence-corrected chi connectivity index (χ2v) is 5.83. The number of nitrogens with two attached hydrogens (primary N) is 2. The van der Waals surface area contributed by atoms with Crippen LogP contribution in [0.2, 0.25) is 0 Å². The molecule has 9 heteroatoms. The van der Waals surface area contributed by atoms with Gasteiger partial charge in [0.25, 0.3) is 15.9 Å². The second-order valence-electron chi connectivity index (χ2n) is 4.14. The molecular formula is C11H13N5O3S. The number of anilines is 2. The lowest BCUT2D eigenvalue weighted by Gasteiger charge is -2.06. The lowest BCUT2D eigenvalue weighted by Crippen LogP contribution is -2.18. The van der Waals surface area contributed by atoms with Gasteiger partial charge in [0.05, 0.1) is 4.90 Å². The van der Waals surface area contributed by atoms with Crippen molar-refractivity contribution < 1.29 is 13.2 Å². The molecular weight excluding hydrogens is 282 g/mol. The summed E-state index contributed by atoms with van der Waals surface area (Å²) in [6.07, 6.45) is 0. The number of benzene rings is 1. The van der Waals surface area contributed by atoms with E-state index >= 15 is 0 Å². The fourth-order valence-electron chi connectivity index (χ4n) is 1.58. The van der Waals surface area contributed by atoms with Gasteiger partial charge in [-0.15, -0.1) is 0 Å². The summed E-state index contributed by atoms with van der Waals surface area (Å²) in [6.45, 7) is 1.84. The van der Waals surface area contributed by atoms with Crippen LogP contribution in [0.3, 0.4) is 0 Å². The van der Waals surface area contributed by atoms with Crippen LogP contribution in [0.4, 0.5) is 11.6 Å².